The topological polar surface area (TPSA) is 96.9 Å². The van der Waals surface area contributed by atoms with E-state index in [2.05, 4.69) is 27.3 Å². The van der Waals surface area contributed by atoms with Crippen LogP contribution in [0.2, 0.25) is 0 Å². The maximum Gasteiger partial charge on any atom is 0.257 e. The number of carbonyl (C=O) groups is 2. The lowest BCUT2D eigenvalue weighted by Crippen LogP contribution is -2.46. The van der Waals surface area contributed by atoms with Gasteiger partial charge in [0.1, 0.15) is 11.5 Å². The summed E-state index contributed by atoms with van der Waals surface area (Å²) in [6, 6.07) is 19.7. The van der Waals surface area contributed by atoms with Crippen molar-refractivity contribution in [2.24, 2.45) is 5.41 Å². The second kappa shape index (κ2) is 14.5. The zero-order valence-corrected chi connectivity index (χ0v) is 27.9. The first-order valence-electron chi connectivity index (χ1n) is 16.9. The number of hydrogen-bond donors (Lipinski definition) is 0. The maximum absolute atomic E-state index is 14.2. The Morgan fingerprint density at radius 2 is 1.68 bits per heavy atom. The highest BCUT2D eigenvalue weighted by Crippen LogP contribution is 2.38. The number of aryl methyl sites for hydroxylation is 2. The van der Waals surface area contributed by atoms with Crippen LogP contribution in [0.4, 0.5) is 0 Å². The van der Waals surface area contributed by atoms with Gasteiger partial charge in [0.05, 0.1) is 29.6 Å². The van der Waals surface area contributed by atoms with Crippen molar-refractivity contribution < 1.29 is 18.8 Å². The van der Waals surface area contributed by atoms with Crippen LogP contribution in [0.25, 0.3) is 0 Å². The van der Waals surface area contributed by atoms with Crippen LogP contribution in [0.5, 0.6) is 5.75 Å². The number of ether oxygens (including phenoxy) is 1. The van der Waals surface area contributed by atoms with E-state index in [1.165, 1.54) is 0 Å². The Hall–Kier alpha value is -4.44. The molecule has 0 aliphatic carbocycles. The third kappa shape index (κ3) is 7.59. The summed E-state index contributed by atoms with van der Waals surface area (Å²) < 4.78 is 13.9. The molecule has 0 atom stereocenters. The molecule has 1 spiro atoms. The Labute approximate surface area is 277 Å². The fourth-order valence-electron chi connectivity index (χ4n) is 6.95. The standard InChI is InChI=1S/C37H46N6O4/c1-4-43-29(3)33(24-38-43)36(45)41-19-16-37(17-20-41)15-10-18-40(26-31-23-28(2)47-39-31)21-22-42(25-30-11-6-5-7-12-30)35(44)32-13-8-9-14-34(32)46-27-37/h5-9,11-14,23-24H,4,10,15-22,25-27H2,1-3H3. The molecule has 1 saturated heterocycles. The Kier molecular flexibility index (Phi) is 10.1. The number of piperidine rings is 1. The van der Waals surface area contributed by atoms with Gasteiger partial charge in [0.2, 0.25) is 0 Å². The highest BCUT2D eigenvalue weighted by molar-refractivity contribution is 5.97. The van der Waals surface area contributed by atoms with Crippen LogP contribution in [-0.4, -0.2) is 80.8 Å². The van der Waals surface area contributed by atoms with Crippen molar-refractivity contribution in [2.75, 3.05) is 39.3 Å². The Bertz CT molecular complexity index is 1660. The van der Waals surface area contributed by atoms with E-state index in [-0.39, 0.29) is 17.2 Å². The van der Waals surface area contributed by atoms with Gasteiger partial charge in [-0.3, -0.25) is 19.2 Å². The molecular weight excluding hydrogens is 592 g/mol. The minimum atomic E-state index is -0.122. The predicted molar refractivity (Wildman–Crippen MR) is 179 cm³/mol. The summed E-state index contributed by atoms with van der Waals surface area (Å²) in [5, 5.41) is 8.67. The SMILES string of the molecule is CCn1ncc(C(=O)N2CCC3(CCCN(Cc4cc(C)on4)CCN(Cc4ccccc4)C(=O)c4ccccc4OC3)CC2)c1C. The maximum atomic E-state index is 14.2. The number of para-hydroxylation sites is 1. The fourth-order valence-corrected chi connectivity index (χ4v) is 6.95. The van der Waals surface area contributed by atoms with E-state index in [0.29, 0.717) is 62.8 Å². The molecule has 4 heterocycles. The Balaban J connectivity index is 1.25. The number of rotatable bonds is 6. The summed E-state index contributed by atoms with van der Waals surface area (Å²) in [6.45, 7) is 11.7. The van der Waals surface area contributed by atoms with Crippen LogP contribution in [0.3, 0.4) is 0 Å². The quantitative estimate of drug-likeness (QED) is 0.266. The van der Waals surface area contributed by atoms with Crippen molar-refractivity contribution in [3.63, 3.8) is 0 Å². The molecule has 4 aromatic rings. The van der Waals surface area contributed by atoms with Crippen LogP contribution < -0.4 is 4.74 Å². The molecule has 6 rings (SSSR count). The summed E-state index contributed by atoms with van der Waals surface area (Å²) in [5.41, 5.74) is 4.02. The van der Waals surface area contributed by atoms with Crippen LogP contribution in [0.1, 0.15) is 76.0 Å². The number of benzene rings is 2. The van der Waals surface area contributed by atoms with Crippen molar-refractivity contribution in [3.05, 3.63) is 101 Å². The lowest BCUT2D eigenvalue weighted by Gasteiger charge is -2.42. The predicted octanol–water partition coefficient (Wildman–Crippen LogP) is 5.75. The second-order valence-corrected chi connectivity index (χ2v) is 13.1. The van der Waals surface area contributed by atoms with Crippen molar-refractivity contribution >= 4 is 11.8 Å². The van der Waals surface area contributed by atoms with Gasteiger partial charge in [-0.1, -0.05) is 47.6 Å². The molecule has 0 N–H and O–H groups in total. The molecule has 2 aliphatic heterocycles. The molecule has 1 fully saturated rings. The number of fused-ring (bicyclic) bond motifs is 1. The van der Waals surface area contributed by atoms with Crippen LogP contribution >= 0.6 is 0 Å². The highest BCUT2D eigenvalue weighted by Gasteiger charge is 2.38. The number of aromatic nitrogens is 3. The molecule has 2 aromatic carbocycles. The van der Waals surface area contributed by atoms with Crippen LogP contribution in [0, 0.1) is 19.3 Å². The van der Waals surface area contributed by atoms with Crippen molar-refractivity contribution in [1.82, 2.24) is 29.6 Å². The number of likely N-dealkylation sites (tertiary alicyclic amines) is 1. The van der Waals surface area contributed by atoms with E-state index in [1.807, 2.05) is 83.8 Å². The number of nitrogens with zero attached hydrogens (tertiary/aromatic N) is 6. The van der Waals surface area contributed by atoms with Crippen molar-refractivity contribution in [1.29, 1.82) is 0 Å². The summed E-state index contributed by atoms with van der Waals surface area (Å²) >= 11 is 0. The minimum Gasteiger partial charge on any atom is -0.492 e. The lowest BCUT2D eigenvalue weighted by molar-refractivity contribution is 0.0348. The van der Waals surface area contributed by atoms with Gasteiger partial charge in [0.25, 0.3) is 11.8 Å². The van der Waals surface area contributed by atoms with E-state index >= 15 is 0 Å². The van der Waals surface area contributed by atoms with Crippen LogP contribution in [0.15, 0.2) is 71.4 Å². The molecule has 10 heteroatoms. The number of amides is 2. The van der Waals surface area contributed by atoms with Crippen molar-refractivity contribution in [2.45, 2.75) is 66.1 Å². The normalized spacial score (nSPS) is 17.8. The first-order chi connectivity index (χ1) is 22.8. The third-order valence-electron chi connectivity index (χ3n) is 9.83. The first kappa shape index (κ1) is 32.5. The van der Waals surface area contributed by atoms with Gasteiger partial charge in [-0.2, -0.15) is 5.10 Å². The Morgan fingerprint density at radius 1 is 0.915 bits per heavy atom. The molecule has 2 aliphatic rings. The monoisotopic (exact) mass is 638 g/mol. The van der Waals surface area contributed by atoms with Gasteiger partial charge in [-0.05, 0) is 70.7 Å². The molecule has 0 saturated carbocycles. The average molecular weight is 639 g/mol. The number of hydrogen-bond acceptors (Lipinski definition) is 7. The zero-order valence-electron chi connectivity index (χ0n) is 27.9. The van der Waals surface area contributed by atoms with Gasteiger partial charge in [0.15, 0.2) is 0 Å². The van der Waals surface area contributed by atoms with E-state index in [9.17, 15) is 9.59 Å². The summed E-state index contributed by atoms with van der Waals surface area (Å²) in [7, 11) is 0. The van der Waals surface area contributed by atoms with Gasteiger partial charge in [-0.15, -0.1) is 0 Å². The molecule has 0 radical (unpaired) electrons. The molecule has 248 valence electrons. The Morgan fingerprint density at radius 3 is 2.40 bits per heavy atom. The molecule has 0 unspecified atom stereocenters. The van der Waals surface area contributed by atoms with Gasteiger partial charge in [-0.25, -0.2) is 0 Å². The van der Waals surface area contributed by atoms with E-state index < -0.39 is 0 Å². The first-order valence-corrected chi connectivity index (χ1v) is 16.9. The third-order valence-corrected chi connectivity index (χ3v) is 9.83. The van der Waals surface area contributed by atoms with Crippen LogP contribution in [-0.2, 0) is 19.6 Å². The van der Waals surface area contributed by atoms with Gasteiger partial charge >= 0.3 is 0 Å². The second-order valence-electron chi connectivity index (χ2n) is 13.1. The molecular formula is C37H46N6O4. The van der Waals surface area contributed by atoms with E-state index in [1.54, 1.807) is 6.20 Å². The minimum absolute atomic E-state index is 0.0432. The van der Waals surface area contributed by atoms with Gasteiger partial charge < -0.3 is 19.1 Å². The highest BCUT2D eigenvalue weighted by atomic mass is 16.5. The van der Waals surface area contributed by atoms with E-state index in [0.717, 1.165) is 61.5 Å². The molecule has 47 heavy (non-hydrogen) atoms. The molecule has 10 nitrogen and oxygen atoms in total. The molecule has 2 amide bonds. The van der Waals surface area contributed by atoms with E-state index in [4.69, 9.17) is 9.26 Å². The average Bonchev–Trinajstić information content (AvgIpc) is 3.69. The molecule has 2 aromatic heterocycles. The zero-order chi connectivity index (χ0) is 32.8. The lowest BCUT2D eigenvalue weighted by atomic mass is 9.75. The van der Waals surface area contributed by atoms with Crippen molar-refractivity contribution in [3.8, 4) is 5.75 Å². The van der Waals surface area contributed by atoms with Gasteiger partial charge in [0, 0.05) is 63.0 Å². The number of carbonyl (C=O) groups excluding carboxylic acids is 2. The molecule has 0 bridgehead atoms. The summed E-state index contributed by atoms with van der Waals surface area (Å²) in [6.07, 6.45) is 5.29. The summed E-state index contributed by atoms with van der Waals surface area (Å²) in [5.74, 6) is 1.41. The largest absolute Gasteiger partial charge is 0.492 e. The summed E-state index contributed by atoms with van der Waals surface area (Å²) in [4.78, 5) is 34.0. The fraction of sp³-hybridized carbons (Fsp3) is 0.459. The smallest absolute Gasteiger partial charge is 0.257 e.